The number of carbonyl (C=O) groups is 3. The van der Waals surface area contributed by atoms with E-state index in [0.717, 1.165) is 19.3 Å². The normalized spacial score (nSPS) is 36.8. The molecule has 0 aliphatic carbocycles. The number of rotatable bonds is 9. The summed E-state index contributed by atoms with van der Waals surface area (Å²) in [7, 11) is 1.60. The van der Waals surface area contributed by atoms with Crippen molar-refractivity contribution in [2.45, 2.75) is 86.3 Å². The van der Waals surface area contributed by atoms with E-state index in [1.54, 1.807) is 23.7 Å². The van der Waals surface area contributed by atoms with Crippen molar-refractivity contribution < 1.29 is 19.5 Å². The summed E-state index contributed by atoms with van der Waals surface area (Å²) >= 11 is 5.37. The Bertz CT molecular complexity index is 725. The average molecular weight is 519 g/mol. The second-order valence-electron chi connectivity index (χ2n) is 9.36. The lowest BCUT2D eigenvalue weighted by Gasteiger charge is -2.39. The molecule has 3 fully saturated rings. The van der Waals surface area contributed by atoms with Gasteiger partial charge in [-0.2, -0.15) is 0 Å². The molecule has 3 aliphatic heterocycles. The number of nitrogens with zero attached hydrogens (tertiary/aromatic N) is 1. The Kier molecular flexibility index (Phi) is 7.69. The molecule has 2 bridgehead atoms. The van der Waals surface area contributed by atoms with E-state index in [2.05, 4.69) is 33.5 Å². The average Bonchev–Trinajstić information content (AvgIpc) is 3.32. The number of aliphatic hydroxyl groups excluding tert-OH is 1. The molecule has 3 rings (SSSR count). The SMILES string of the molecule is CCCC(C)NC(=O)C1N([C@@H](CO)[C@@H](C)CC)C(=O)[C@@H]2[C@H](C(=O)NC)[C@H]3SC12CC3Br. The highest BCUT2D eigenvalue weighted by atomic mass is 79.9. The molecule has 4 unspecified atom stereocenters. The highest BCUT2D eigenvalue weighted by molar-refractivity contribution is 9.09. The van der Waals surface area contributed by atoms with E-state index in [-0.39, 0.29) is 46.4 Å². The molecule has 9 heteroatoms. The molecule has 3 N–H and O–H groups in total. The van der Waals surface area contributed by atoms with Crippen molar-refractivity contribution in [3.05, 3.63) is 0 Å². The second-order valence-corrected chi connectivity index (χ2v) is 12.1. The molecule has 3 saturated heterocycles. The number of hydrogen-bond donors (Lipinski definition) is 3. The molecule has 1 spiro atoms. The zero-order chi connectivity index (χ0) is 23.1. The summed E-state index contributed by atoms with van der Waals surface area (Å²) in [5, 5.41) is 16.1. The van der Waals surface area contributed by atoms with E-state index in [4.69, 9.17) is 0 Å². The van der Waals surface area contributed by atoms with Gasteiger partial charge in [0.15, 0.2) is 0 Å². The predicted octanol–water partition coefficient (Wildman–Crippen LogP) is 1.91. The molecule has 176 valence electrons. The third-order valence-corrected chi connectivity index (χ3v) is 10.7. The maximum absolute atomic E-state index is 13.9. The van der Waals surface area contributed by atoms with Crippen LogP contribution in [0.3, 0.4) is 0 Å². The Morgan fingerprint density at radius 3 is 2.55 bits per heavy atom. The molecule has 0 aromatic rings. The fourth-order valence-electron chi connectivity index (χ4n) is 5.83. The van der Waals surface area contributed by atoms with Gasteiger partial charge in [-0.25, -0.2) is 0 Å². The first-order valence-electron chi connectivity index (χ1n) is 11.4. The summed E-state index contributed by atoms with van der Waals surface area (Å²) < 4.78 is -0.663. The summed E-state index contributed by atoms with van der Waals surface area (Å²) in [6.45, 7) is 7.88. The smallest absolute Gasteiger partial charge is 0.244 e. The third-order valence-electron chi connectivity index (χ3n) is 7.48. The number of fused-ring (bicyclic) bond motifs is 1. The monoisotopic (exact) mass is 517 g/mol. The van der Waals surface area contributed by atoms with Crippen molar-refractivity contribution in [1.82, 2.24) is 15.5 Å². The highest BCUT2D eigenvalue weighted by Crippen LogP contribution is 2.68. The van der Waals surface area contributed by atoms with Crippen LogP contribution < -0.4 is 10.6 Å². The standard InChI is InChI=1S/C22H36BrN3O4S/c1-6-8-12(4)25-20(29)18-22-9-13(23)17(31-22)15(19(28)24-5)16(22)21(30)26(18)14(10-27)11(3)7-2/h11-18,27H,6-10H2,1-5H3,(H,24,28)(H,25,29)/t11-,12?,13?,14-,15-,16-,17-,18?,22?/m0/s1. The van der Waals surface area contributed by atoms with Crippen LogP contribution in [0.1, 0.15) is 53.4 Å². The van der Waals surface area contributed by atoms with E-state index in [1.807, 2.05) is 20.8 Å². The Balaban J connectivity index is 2.07. The number of nitrogens with one attached hydrogen (secondary N) is 2. The van der Waals surface area contributed by atoms with Crippen LogP contribution in [0, 0.1) is 17.8 Å². The van der Waals surface area contributed by atoms with Crippen LogP contribution in [-0.4, -0.2) is 74.3 Å². The van der Waals surface area contributed by atoms with Crippen LogP contribution in [0.5, 0.6) is 0 Å². The molecular formula is C22H36BrN3O4S. The summed E-state index contributed by atoms with van der Waals surface area (Å²) in [5.74, 6) is -1.47. The zero-order valence-electron chi connectivity index (χ0n) is 19.1. The lowest BCUT2D eigenvalue weighted by molar-refractivity contribution is -0.144. The molecule has 7 nitrogen and oxygen atoms in total. The Labute approximate surface area is 198 Å². The Hall–Kier alpha value is -0.800. The van der Waals surface area contributed by atoms with Gasteiger partial charge in [0.2, 0.25) is 17.7 Å². The number of alkyl halides is 1. The molecule has 3 amide bonds. The van der Waals surface area contributed by atoms with Crippen molar-refractivity contribution in [3.8, 4) is 0 Å². The summed E-state index contributed by atoms with van der Waals surface area (Å²) in [6.07, 6.45) is 3.24. The topological polar surface area (TPSA) is 98.7 Å². The quantitative estimate of drug-likeness (QED) is 0.405. The van der Waals surface area contributed by atoms with Gasteiger partial charge in [-0.1, -0.05) is 49.5 Å². The first-order valence-corrected chi connectivity index (χ1v) is 13.2. The van der Waals surface area contributed by atoms with Crippen molar-refractivity contribution in [1.29, 1.82) is 0 Å². The molecule has 3 heterocycles. The molecule has 0 aromatic heterocycles. The van der Waals surface area contributed by atoms with E-state index in [9.17, 15) is 19.5 Å². The van der Waals surface area contributed by atoms with E-state index >= 15 is 0 Å². The van der Waals surface area contributed by atoms with Crippen LogP contribution in [0.25, 0.3) is 0 Å². The van der Waals surface area contributed by atoms with Crippen LogP contribution in [0.2, 0.25) is 0 Å². The van der Waals surface area contributed by atoms with E-state index in [0.29, 0.717) is 6.42 Å². The van der Waals surface area contributed by atoms with Crippen LogP contribution in [0.15, 0.2) is 0 Å². The van der Waals surface area contributed by atoms with Gasteiger partial charge >= 0.3 is 0 Å². The Morgan fingerprint density at radius 1 is 1.32 bits per heavy atom. The van der Waals surface area contributed by atoms with Gasteiger partial charge in [0, 0.05) is 23.2 Å². The molecule has 3 aliphatic rings. The maximum Gasteiger partial charge on any atom is 0.244 e. The highest BCUT2D eigenvalue weighted by Gasteiger charge is 2.76. The first-order chi connectivity index (χ1) is 14.7. The lowest BCUT2D eigenvalue weighted by Crippen LogP contribution is -2.59. The molecule has 0 aromatic carbocycles. The van der Waals surface area contributed by atoms with Gasteiger partial charge in [0.25, 0.3) is 0 Å². The molecule has 9 atom stereocenters. The molecule has 0 saturated carbocycles. The minimum atomic E-state index is -0.694. The maximum atomic E-state index is 13.9. The van der Waals surface area contributed by atoms with Crippen LogP contribution >= 0.6 is 27.7 Å². The van der Waals surface area contributed by atoms with Crippen LogP contribution in [0.4, 0.5) is 0 Å². The van der Waals surface area contributed by atoms with E-state index in [1.165, 1.54) is 0 Å². The van der Waals surface area contributed by atoms with Gasteiger partial charge in [0.05, 0.1) is 29.2 Å². The van der Waals surface area contributed by atoms with Gasteiger partial charge in [0.1, 0.15) is 6.04 Å². The van der Waals surface area contributed by atoms with Gasteiger partial charge in [-0.05, 0) is 25.7 Å². The van der Waals surface area contributed by atoms with Gasteiger partial charge < -0.3 is 20.6 Å². The fourth-order valence-corrected chi connectivity index (χ4v) is 9.43. The predicted molar refractivity (Wildman–Crippen MR) is 126 cm³/mol. The van der Waals surface area contributed by atoms with Crippen molar-refractivity contribution in [3.63, 3.8) is 0 Å². The van der Waals surface area contributed by atoms with Crippen molar-refractivity contribution >= 4 is 45.4 Å². The molecule has 31 heavy (non-hydrogen) atoms. The van der Waals surface area contributed by atoms with Gasteiger partial charge in [-0.15, -0.1) is 11.8 Å². The first kappa shape index (κ1) is 24.8. The number of carbonyl (C=O) groups excluding carboxylic acids is 3. The van der Waals surface area contributed by atoms with Gasteiger partial charge in [-0.3, -0.25) is 14.4 Å². The number of hydrogen-bond acceptors (Lipinski definition) is 5. The number of thioether (sulfide) groups is 1. The van der Waals surface area contributed by atoms with Crippen molar-refractivity contribution in [2.24, 2.45) is 17.8 Å². The van der Waals surface area contributed by atoms with Crippen LogP contribution in [-0.2, 0) is 14.4 Å². The number of halogens is 1. The van der Waals surface area contributed by atoms with Crippen molar-refractivity contribution in [2.75, 3.05) is 13.7 Å². The number of aliphatic hydroxyl groups is 1. The number of likely N-dealkylation sites (tertiary alicyclic amines) is 1. The van der Waals surface area contributed by atoms with E-state index < -0.39 is 28.7 Å². The largest absolute Gasteiger partial charge is 0.394 e. The third kappa shape index (κ3) is 3.92. The Morgan fingerprint density at radius 2 is 2.00 bits per heavy atom. The number of amides is 3. The lowest BCUT2D eigenvalue weighted by atomic mass is 9.70. The second kappa shape index (κ2) is 9.59. The fraction of sp³-hybridized carbons (Fsp3) is 0.864. The molecular weight excluding hydrogens is 482 g/mol. The minimum absolute atomic E-state index is 0.000755. The minimum Gasteiger partial charge on any atom is -0.394 e. The zero-order valence-corrected chi connectivity index (χ0v) is 21.5. The summed E-state index contributed by atoms with van der Waals surface area (Å²) in [6, 6.07) is -1.15. The molecule has 0 radical (unpaired) electrons. The summed E-state index contributed by atoms with van der Waals surface area (Å²) in [5.41, 5.74) is 0. The summed E-state index contributed by atoms with van der Waals surface area (Å²) in [4.78, 5) is 42.1.